The lowest BCUT2D eigenvalue weighted by molar-refractivity contribution is 0.367. The van der Waals surface area contributed by atoms with Crippen LogP contribution in [0, 0.1) is 11.6 Å². The lowest BCUT2D eigenvalue weighted by Crippen LogP contribution is -2.18. The molecule has 1 aliphatic carbocycles. The van der Waals surface area contributed by atoms with Gasteiger partial charge in [-0.15, -0.1) is 0 Å². The molecule has 0 aromatic heterocycles. The highest BCUT2D eigenvalue weighted by molar-refractivity contribution is 5.31. The van der Waals surface area contributed by atoms with Gasteiger partial charge < -0.3 is 0 Å². The Morgan fingerprint density at radius 1 is 0.650 bits per heavy atom. The van der Waals surface area contributed by atoms with Crippen molar-refractivity contribution < 1.29 is 8.78 Å². The van der Waals surface area contributed by atoms with Crippen LogP contribution in [0.4, 0.5) is 8.78 Å². The molecule has 0 saturated heterocycles. The first-order valence-corrected chi connectivity index (χ1v) is 7.26. The van der Waals surface area contributed by atoms with Crippen molar-refractivity contribution in [2.24, 2.45) is 0 Å². The van der Waals surface area contributed by atoms with Crippen LogP contribution in [0.15, 0.2) is 48.5 Å². The standard InChI is InChI=1S/C18H18F2/c19-17-11-5-3-9-15(17)13-7-1-2-8-14(13)16-10-4-6-12-18(16)20/h3-6,9-14H,1-2,7-8H2. The molecule has 2 aromatic carbocycles. The van der Waals surface area contributed by atoms with Crippen LogP contribution in [0.5, 0.6) is 0 Å². The van der Waals surface area contributed by atoms with Crippen LogP contribution in [0.25, 0.3) is 0 Å². The van der Waals surface area contributed by atoms with Crippen LogP contribution in [-0.4, -0.2) is 0 Å². The van der Waals surface area contributed by atoms with Crippen LogP contribution in [0.3, 0.4) is 0 Å². The summed E-state index contributed by atoms with van der Waals surface area (Å²) >= 11 is 0. The van der Waals surface area contributed by atoms with Gasteiger partial charge in [0, 0.05) is 0 Å². The molecule has 20 heavy (non-hydrogen) atoms. The molecule has 0 spiro atoms. The molecule has 1 aliphatic rings. The maximum atomic E-state index is 14.1. The van der Waals surface area contributed by atoms with Crippen LogP contribution in [0.1, 0.15) is 48.6 Å². The highest BCUT2D eigenvalue weighted by atomic mass is 19.1. The molecule has 1 fully saturated rings. The van der Waals surface area contributed by atoms with Gasteiger partial charge in [0.15, 0.2) is 0 Å². The normalized spacial score (nSPS) is 22.7. The summed E-state index contributed by atoms with van der Waals surface area (Å²) in [5, 5.41) is 0. The maximum absolute atomic E-state index is 14.1. The van der Waals surface area contributed by atoms with E-state index in [0.29, 0.717) is 0 Å². The molecule has 2 aromatic rings. The van der Waals surface area contributed by atoms with Crippen molar-refractivity contribution in [1.29, 1.82) is 0 Å². The highest BCUT2D eigenvalue weighted by Crippen LogP contribution is 2.45. The average Bonchev–Trinajstić information content (AvgIpc) is 2.48. The minimum atomic E-state index is -0.166. The van der Waals surface area contributed by atoms with Gasteiger partial charge in [0.25, 0.3) is 0 Å². The average molecular weight is 272 g/mol. The van der Waals surface area contributed by atoms with Crippen molar-refractivity contribution in [3.63, 3.8) is 0 Å². The fourth-order valence-electron chi connectivity index (χ4n) is 3.43. The first-order chi connectivity index (χ1) is 9.77. The lowest BCUT2D eigenvalue weighted by atomic mass is 9.72. The molecular weight excluding hydrogens is 254 g/mol. The van der Waals surface area contributed by atoms with E-state index in [0.717, 1.165) is 36.8 Å². The summed E-state index contributed by atoms with van der Waals surface area (Å²) in [7, 11) is 0. The van der Waals surface area contributed by atoms with Crippen LogP contribution in [0.2, 0.25) is 0 Å². The summed E-state index contributed by atoms with van der Waals surface area (Å²) in [5.41, 5.74) is 1.47. The Morgan fingerprint density at radius 2 is 1.05 bits per heavy atom. The van der Waals surface area contributed by atoms with Crippen molar-refractivity contribution in [3.8, 4) is 0 Å². The number of halogens is 2. The molecule has 0 heterocycles. The molecule has 0 amide bonds. The molecular formula is C18H18F2. The van der Waals surface area contributed by atoms with E-state index in [9.17, 15) is 8.78 Å². The lowest BCUT2D eigenvalue weighted by Gasteiger charge is -2.32. The summed E-state index contributed by atoms with van der Waals surface area (Å²) in [5.74, 6) is -0.162. The first kappa shape index (κ1) is 13.3. The second-order valence-corrected chi connectivity index (χ2v) is 5.54. The van der Waals surface area contributed by atoms with Gasteiger partial charge in [-0.25, -0.2) is 8.78 Å². The number of hydrogen-bond acceptors (Lipinski definition) is 0. The number of rotatable bonds is 2. The van der Waals surface area contributed by atoms with Crippen molar-refractivity contribution >= 4 is 0 Å². The Hall–Kier alpha value is -1.70. The Kier molecular flexibility index (Phi) is 3.81. The minimum absolute atomic E-state index is 0.0850. The van der Waals surface area contributed by atoms with Gasteiger partial charge in [-0.3, -0.25) is 0 Å². The predicted molar refractivity (Wildman–Crippen MR) is 76.8 cm³/mol. The Labute approximate surface area is 118 Å². The first-order valence-electron chi connectivity index (χ1n) is 7.26. The highest BCUT2D eigenvalue weighted by Gasteiger charge is 2.30. The summed E-state index contributed by atoms with van der Waals surface area (Å²) < 4.78 is 28.1. The van der Waals surface area contributed by atoms with E-state index < -0.39 is 0 Å². The van der Waals surface area contributed by atoms with Crippen molar-refractivity contribution in [3.05, 3.63) is 71.3 Å². The second-order valence-electron chi connectivity index (χ2n) is 5.54. The second kappa shape index (κ2) is 5.74. The van der Waals surface area contributed by atoms with Gasteiger partial charge in [-0.1, -0.05) is 49.2 Å². The molecule has 2 heteroatoms. The quantitative estimate of drug-likeness (QED) is 0.686. The van der Waals surface area contributed by atoms with Gasteiger partial charge in [0.05, 0.1) is 0 Å². The van der Waals surface area contributed by atoms with E-state index in [1.54, 1.807) is 12.1 Å². The minimum Gasteiger partial charge on any atom is -0.207 e. The third-order valence-electron chi connectivity index (χ3n) is 4.38. The van der Waals surface area contributed by atoms with Crippen LogP contribution >= 0.6 is 0 Å². The fourth-order valence-corrected chi connectivity index (χ4v) is 3.43. The van der Waals surface area contributed by atoms with Gasteiger partial charge in [0.1, 0.15) is 11.6 Å². The molecule has 0 bridgehead atoms. The van der Waals surface area contributed by atoms with E-state index >= 15 is 0 Å². The van der Waals surface area contributed by atoms with Crippen molar-refractivity contribution in [2.75, 3.05) is 0 Å². The fraction of sp³-hybridized carbons (Fsp3) is 0.333. The van der Waals surface area contributed by atoms with Crippen LogP contribution < -0.4 is 0 Å². The maximum Gasteiger partial charge on any atom is 0.126 e. The molecule has 0 nitrogen and oxygen atoms in total. The van der Waals surface area contributed by atoms with Gasteiger partial charge in [-0.2, -0.15) is 0 Å². The van der Waals surface area contributed by atoms with Gasteiger partial charge >= 0.3 is 0 Å². The molecule has 104 valence electrons. The number of hydrogen-bond donors (Lipinski definition) is 0. The molecule has 2 unspecified atom stereocenters. The van der Waals surface area contributed by atoms with E-state index in [-0.39, 0.29) is 23.5 Å². The molecule has 0 radical (unpaired) electrons. The zero-order chi connectivity index (χ0) is 13.9. The van der Waals surface area contributed by atoms with Gasteiger partial charge in [-0.05, 0) is 47.9 Å². The number of benzene rings is 2. The monoisotopic (exact) mass is 272 g/mol. The molecule has 0 aliphatic heterocycles. The van der Waals surface area contributed by atoms with E-state index in [1.165, 1.54) is 12.1 Å². The molecule has 1 saturated carbocycles. The zero-order valence-electron chi connectivity index (χ0n) is 11.4. The zero-order valence-corrected chi connectivity index (χ0v) is 11.4. The summed E-state index contributed by atoms with van der Waals surface area (Å²) in [6.45, 7) is 0. The van der Waals surface area contributed by atoms with E-state index in [2.05, 4.69) is 0 Å². The largest absolute Gasteiger partial charge is 0.207 e. The van der Waals surface area contributed by atoms with E-state index in [1.807, 2.05) is 24.3 Å². The Balaban J connectivity index is 2.00. The topological polar surface area (TPSA) is 0 Å². The summed E-state index contributed by atoms with van der Waals surface area (Å²) in [6.07, 6.45) is 4.04. The third kappa shape index (κ3) is 2.47. The molecule has 0 N–H and O–H groups in total. The smallest absolute Gasteiger partial charge is 0.126 e. The van der Waals surface area contributed by atoms with Gasteiger partial charge in [0.2, 0.25) is 0 Å². The molecule has 2 atom stereocenters. The Morgan fingerprint density at radius 3 is 1.45 bits per heavy atom. The Bertz CT molecular complexity index is 538. The summed E-state index contributed by atoms with van der Waals surface area (Å²) in [6, 6.07) is 13.8. The van der Waals surface area contributed by atoms with Crippen molar-refractivity contribution in [2.45, 2.75) is 37.5 Å². The summed E-state index contributed by atoms with van der Waals surface area (Å²) in [4.78, 5) is 0. The van der Waals surface area contributed by atoms with E-state index in [4.69, 9.17) is 0 Å². The third-order valence-corrected chi connectivity index (χ3v) is 4.38. The SMILES string of the molecule is Fc1ccccc1C1CCCCC1c1ccccc1F. The predicted octanol–water partition coefficient (Wildman–Crippen LogP) is 5.41. The van der Waals surface area contributed by atoms with Crippen LogP contribution in [-0.2, 0) is 0 Å². The molecule has 3 rings (SSSR count). The van der Waals surface area contributed by atoms with Crippen molar-refractivity contribution in [1.82, 2.24) is 0 Å².